The summed E-state index contributed by atoms with van der Waals surface area (Å²) >= 11 is 0. The molecule has 1 N–H and O–H groups in total. The Balaban J connectivity index is 0.00000363. The lowest BCUT2D eigenvalue weighted by molar-refractivity contribution is -0.137. The zero-order valence-electron chi connectivity index (χ0n) is 18.2. The van der Waals surface area contributed by atoms with Gasteiger partial charge in [-0.25, -0.2) is 9.97 Å². The third kappa shape index (κ3) is 7.47. The Morgan fingerprint density at radius 1 is 1.09 bits per heavy atom. The van der Waals surface area contributed by atoms with Crippen LogP contribution in [0.5, 0.6) is 0 Å². The van der Waals surface area contributed by atoms with Crippen LogP contribution in [0.3, 0.4) is 0 Å². The van der Waals surface area contributed by atoms with Gasteiger partial charge in [0.15, 0.2) is 5.96 Å². The number of aliphatic imine (C=N–C) groups is 1. The predicted octanol–water partition coefficient (Wildman–Crippen LogP) is 2.94. The first kappa shape index (κ1) is 26.1. The number of hydrogen-bond acceptors (Lipinski definition) is 5. The molecule has 1 aliphatic heterocycles. The molecule has 2 aromatic rings. The van der Waals surface area contributed by atoms with E-state index >= 15 is 0 Å². The van der Waals surface area contributed by atoms with E-state index in [4.69, 9.17) is 0 Å². The molecule has 1 saturated heterocycles. The highest BCUT2D eigenvalue weighted by Crippen LogP contribution is 2.29. The molecule has 7 nitrogen and oxygen atoms in total. The zero-order valence-corrected chi connectivity index (χ0v) is 20.5. The number of hydrogen-bond donors (Lipinski definition) is 1. The predicted molar refractivity (Wildman–Crippen MR) is 130 cm³/mol. The molecule has 0 spiro atoms. The summed E-state index contributed by atoms with van der Waals surface area (Å²) < 4.78 is 38.1. The summed E-state index contributed by atoms with van der Waals surface area (Å²) in [5.74, 6) is 1.47. The SMILES string of the molecule is CN=C(NCCN1CCN(c2ncccn2)CC1)N(C)Cc1ccc(C(F)(F)F)cc1.I. The minimum absolute atomic E-state index is 0. The van der Waals surface area contributed by atoms with Crippen molar-refractivity contribution >= 4 is 35.9 Å². The molecule has 0 bridgehead atoms. The highest BCUT2D eigenvalue weighted by molar-refractivity contribution is 14.0. The summed E-state index contributed by atoms with van der Waals surface area (Å²) in [6, 6.07) is 7.04. The monoisotopic (exact) mass is 563 g/mol. The van der Waals surface area contributed by atoms with Crippen molar-refractivity contribution in [3.63, 3.8) is 0 Å². The fourth-order valence-electron chi connectivity index (χ4n) is 3.48. The van der Waals surface area contributed by atoms with Crippen LogP contribution in [0, 0.1) is 0 Å². The van der Waals surface area contributed by atoms with Gasteiger partial charge in [0, 0.05) is 72.3 Å². The number of halogens is 4. The van der Waals surface area contributed by atoms with E-state index in [0.29, 0.717) is 12.5 Å². The maximum atomic E-state index is 12.7. The van der Waals surface area contributed by atoms with E-state index in [2.05, 4.69) is 30.1 Å². The number of rotatable bonds is 6. The number of alkyl halides is 3. The number of aromatic nitrogens is 2. The lowest BCUT2D eigenvalue weighted by atomic mass is 10.1. The Kier molecular flexibility index (Phi) is 9.94. The Bertz CT molecular complexity index is 839. The molecule has 32 heavy (non-hydrogen) atoms. The van der Waals surface area contributed by atoms with E-state index in [9.17, 15) is 13.2 Å². The minimum Gasteiger partial charge on any atom is -0.355 e. The number of nitrogens with zero attached hydrogens (tertiary/aromatic N) is 6. The van der Waals surface area contributed by atoms with Gasteiger partial charge in [-0.15, -0.1) is 24.0 Å². The third-order valence-corrected chi connectivity index (χ3v) is 5.19. The highest BCUT2D eigenvalue weighted by atomic mass is 127. The van der Waals surface area contributed by atoms with Gasteiger partial charge in [0.05, 0.1) is 5.56 Å². The molecular formula is C21H29F3IN7. The van der Waals surface area contributed by atoms with E-state index in [-0.39, 0.29) is 24.0 Å². The summed E-state index contributed by atoms with van der Waals surface area (Å²) in [4.78, 5) is 19.3. The molecule has 0 unspecified atom stereocenters. The van der Waals surface area contributed by atoms with Gasteiger partial charge in [-0.1, -0.05) is 12.1 Å². The molecule has 0 radical (unpaired) electrons. The van der Waals surface area contributed by atoms with Crippen LogP contribution >= 0.6 is 24.0 Å². The Morgan fingerprint density at radius 2 is 1.72 bits per heavy atom. The van der Waals surface area contributed by atoms with Crippen LogP contribution in [-0.4, -0.2) is 79.1 Å². The van der Waals surface area contributed by atoms with E-state index in [0.717, 1.165) is 62.9 Å². The minimum atomic E-state index is -4.32. The first-order valence-corrected chi connectivity index (χ1v) is 10.2. The van der Waals surface area contributed by atoms with Crippen molar-refractivity contribution in [1.82, 2.24) is 25.1 Å². The van der Waals surface area contributed by atoms with Crippen LogP contribution < -0.4 is 10.2 Å². The van der Waals surface area contributed by atoms with Gasteiger partial charge < -0.3 is 15.1 Å². The number of piperazine rings is 1. The smallest absolute Gasteiger partial charge is 0.355 e. The van der Waals surface area contributed by atoms with Crippen molar-refractivity contribution in [2.24, 2.45) is 4.99 Å². The van der Waals surface area contributed by atoms with Crippen molar-refractivity contribution < 1.29 is 13.2 Å². The number of benzene rings is 1. The van der Waals surface area contributed by atoms with Gasteiger partial charge >= 0.3 is 6.18 Å². The number of guanidine groups is 1. The second-order valence-corrected chi connectivity index (χ2v) is 7.40. The van der Waals surface area contributed by atoms with E-state index < -0.39 is 11.7 Å². The summed E-state index contributed by atoms with van der Waals surface area (Å²) in [5, 5.41) is 3.33. The second-order valence-electron chi connectivity index (χ2n) is 7.40. The van der Waals surface area contributed by atoms with Crippen LogP contribution in [0.15, 0.2) is 47.7 Å². The molecule has 0 saturated carbocycles. The molecule has 2 heterocycles. The quantitative estimate of drug-likeness (QED) is 0.332. The van der Waals surface area contributed by atoms with Crippen LogP contribution in [0.4, 0.5) is 19.1 Å². The van der Waals surface area contributed by atoms with Crippen LogP contribution in [-0.2, 0) is 12.7 Å². The maximum Gasteiger partial charge on any atom is 0.416 e. The van der Waals surface area contributed by atoms with Crippen LogP contribution in [0.2, 0.25) is 0 Å². The molecule has 0 aliphatic carbocycles. The van der Waals surface area contributed by atoms with Crippen LogP contribution in [0.1, 0.15) is 11.1 Å². The summed E-state index contributed by atoms with van der Waals surface area (Å²) in [5.41, 5.74) is 0.151. The summed E-state index contributed by atoms with van der Waals surface area (Å²) in [7, 11) is 3.57. The molecule has 1 aromatic carbocycles. The molecule has 1 aromatic heterocycles. The lowest BCUT2D eigenvalue weighted by Crippen LogP contribution is -2.49. The first-order chi connectivity index (χ1) is 14.9. The molecule has 176 valence electrons. The fourth-order valence-corrected chi connectivity index (χ4v) is 3.48. The molecule has 0 amide bonds. The van der Waals surface area contributed by atoms with Gasteiger partial charge in [0.1, 0.15) is 0 Å². The summed E-state index contributed by atoms with van der Waals surface area (Å²) in [6.45, 7) is 5.69. The normalized spacial score (nSPS) is 15.3. The van der Waals surface area contributed by atoms with Gasteiger partial charge in [0.2, 0.25) is 5.95 Å². The van der Waals surface area contributed by atoms with Crippen molar-refractivity contribution in [3.8, 4) is 0 Å². The second kappa shape index (κ2) is 12.2. The number of nitrogens with one attached hydrogen (secondary N) is 1. The molecule has 11 heteroatoms. The van der Waals surface area contributed by atoms with Crippen LogP contribution in [0.25, 0.3) is 0 Å². The molecular weight excluding hydrogens is 534 g/mol. The topological polar surface area (TPSA) is 59.9 Å². The van der Waals surface area contributed by atoms with Crippen molar-refractivity contribution in [2.75, 3.05) is 58.3 Å². The van der Waals surface area contributed by atoms with E-state index in [1.54, 1.807) is 19.4 Å². The van der Waals surface area contributed by atoms with Gasteiger partial charge in [-0.3, -0.25) is 9.89 Å². The largest absolute Gasteiger partial charge is 0.416 e. The molecule has 3 rings (SSSR count). The standard InChI is InChI=1S/C21H28F3N7.HI/c1-25-19(29(2)16-17-4-6-18(7-5-17)21(22,23)24)28-10-11-30-12-14-31(15-13-30)20-26-8-3-9-27-20;/h3-9H,10-16H2,1-2H3,(H,25,28);1H. The average molecular weight is 563 g/mol. The Labute approximate surface area is 203 Å². The van der Waals surface area contributed by atoms with Gasteiger partial charge in [-0.05, 0) is 23.8 Å². The van der Waals surface area contributed by atoms with E-state index in [1.165, 1.54) is 12.1 Å². The molecule has 0 atom stereocenters. The highest BCUT2D eigenvalue weighted by Gasteiger charge is 2.30. The van der Waals surface area contributed by atoms with Crippen molar-refractivity contribution in [3.05, 3.63) is 53.9 Å². The van der Waals surface area contributed by atoms with Crippen molar-refractivity contribution in [2.45, 2.75) is 12.7 Å². The maximum absolute atomic E-state index is 12.7. The Hall–Kier alpha value is -2.15. The van der Waals surface area contributed by atoms with E-state index in [1.807, 2.05) is 18.0 Å². The zero-order chi connectivity index (χ0) is 22.3. The number of anilines is 1. The third-order valence-electron chi connectivity index (χ3n) is 5.19. The summed E-state index contributed by atoms with van der Waals surface area (Å²) in [6.07, 6.45) is -0.807. The first-order valence-electron chi connectivity index (χ1n) is 10.2. The molecule has 1 aliphatic rings. The fraction of sp³-hybridized carbons (Fsp3) is 0.476. The Morgan fingerprint density at radius 3 is 2.28 bits per heavy atom. The molecule has 1 fully saturated rings. The lowest BCUT2D eigenvalue weighted by Gasteiger charge is -2.34. The average Bonchev–Trinajstić information content (AvgIpc) is 2.77. The van der Waals surface area contributed by atoms with Gasteiger partial charge in [0.25, 0.3) is 0 Å². The van der Waals surface area contributed by atoms with Gasteiger partial charge in [-0.2, -0.15) is 13.2 Å². The van der Waals surface area contributed by atoms with Crippen molar-refractivity contribution in [1.29, 1.82) is 0 Å².